The minimum atomic E-state index is -0.584. The maximum atomic E-state index is 13.1. The zero-order valence-electron chi connectivity index (χ0n) is 11.4. The van der Waals surface area contributed by atoms with Crippen LogP contribution >= 0.6 is 0 Å². The molecule has 2 rings (SSSR count). The Bertz CT molecular complexity index is 728. The second-order valence-corrected chi connectivity index (χ2v) is 4.59. The van der Waals surface area contributed by atoms with Gasteiger partial charge in [-0.3, -0.25) is 14.9 Å². The quantitative estimate of drug-likeness (QED) is 0.485. The van der Waals surface area contributed by atoms with E-state index >= 15 is 0 Å². The first-order valence-corrected chi connectivity index (χ1v) is 6.10. The van der Waals surface area contributed by atoms with Gasteiger partial charge in [-0.05, 0) is 43.2 Å². The number of aldehydes is 1. The van der Waals surface area contributed by atoms with E-state index in [0.717, 1.165) is 17.7 Å². The fourth-order valence-corrected chi connectivity index (χ4v) is 2.01. The lowest BCUT2D eigenvalue weighted by Gasteiger charge is -2.11. The van der Waals surface area contributed by atoms with Gasteiger partial charge in [-0.2, -0.15) is 0 Å². The Hall–Kier alpha value is -2.76. The van der Waals surface area contributed by atoms with Gasteiger partial charge in [-0.25, -0.2) is 4.39 Å². The topological polar surface area (TPSA) is 69.4 Å². The number of aryl methyl sites for hydroxylation is 2. The van der Waals surface area contributed by atoms with Crippen molar-refractivity contribution in [1.82, 2.24) is 0 Å². The molecule has 0 atom stereocenters. The molecule has 0 heterocycles. The van der Waals surface area contributed by atoms with Crippen molar-refractivity contribution in [2.75, 3.05) is 0 Å². The first-order chi connectivity index (χ1) is 9.92. The number of benzene rings is 2. The monoisotopic (exact) mass is 289 g/mol. The number of halogens is 1. The van der Waals surface area contributed by atoms with Crippen LogP contribution in [0.3, 0.4) is 0 Å². The molecule has 0 aromatic heterocycles. The Morgan fingerprint density at radius 3 is 2.57 bits per heavy atom. The molecule has 0 unspecified atom stereocenters. The molecule has 0 fully saturated rings. The van der Waals surface area contributed by atoms with Gasteiger partial charge in [0.1, 0.15) is 11.6 Å². The van der Waals surface area contributed by atoms with E-state index < -0.39 is 10.7 Å². The van der Waals surface area contributed by atoms with Crippen LogP contribution in [0.4, 0.5) is 10.1 Å². The van der Waals surface area contributed by atoms with Gasteiger partial charge >= 0.3 is 5.69 Å². The molecule has 2 aromatic rings. The van der Waals surface area contributed by atoms with Crippen molar-refractivity contribution in [3.8, 4) is 11.5 Å². The van der Waals surface area contributed by atoms with E-state index in [9.17, 15) is 19.3 Å². The number of nitro benzene ring substituents is 1. The molecule has 5 nitrogen and oxygen atoms in total. The number of nitrogens with zero attached hydrogens (tertiary/aromatic N) is 1. The van der Waals surface area contributed by atoms with Crippen molar-refractivity contribution in [2.24, 2.45) is 0 Å². The molecule has 2 aromatic carbocycles. The molecule has 0 spiro atoms. The van der Waals surface area contributed by atoms with Gasteiger partial charge in [-0.1, -0.05) is 6.07 Å². The van der Waals surface area contributed by atoms with Crippen LogP contribution in [0.25, 0.3) is 0 Å². The van der Waals surface area contributed by atoms with Gasteiger partial charge in [-0.15, -0.1) is 0 Å². The summed E-state index contributed by atoms with van der Waals surface area (Å²) in [6, 6.07) is 6.51. The number of carbonyl (C=O) groups excluding carboxylic acids is 1. The van der Waals surface area contributed by atoms with Crippen molar-refractivity contribution in [1.29, 1.82) is 0 Å². The number of hydrogen-bond acceptors (Lipinski definition) is 4. The average Bonchev–Trinajstić information content (AvgIpc) is 2.42. The highest BCUT2D eigenvalue weighted by Gasteiger charge is 2.20. The Labute approximate surface area is 120 Å². The minimum absolute atomic E-state index is 0.00993. The van der Waals surface area contributed by atoms with Crippen molar-refractivity contribution in [3.05, 3.63) is 63.0 Å². The van der Waals surface area contributed by atoms with Crippen molar-refractivity contribution >= 4 is 12.0 Å². The molecule has 0 aliphatic heterocycles. The van der Waals surface area contributed by atoms with Gasteiger partial charge in [0.2, 0.25) is 5.75 Å². The number of ether oxygens (including phenoxy) is 1. The van der Waals surface area contributed by atoms with Crippen molar-refractivity contribution < 1.29 is 18.8 Å². The van der Waals surface area contributed by atoms with Crippen LogP contribution in [0.1, 0.15) is 21.5 Å². The molecule has 0 saturated heterocycles. The second kappa shape index (κ2) is 5.70. The summed E-state index contributed by atoms with van der Waals surface area (Å²) in [5, 5.41) is 11.1. The fourth-order valence-electron chi connectivity index (χ4n) is 2.01. The molecule has 108 valence electrons. The van der Waals surface area contributed by atoms with Gasteiger partial charge in [0.15, 0.2) is 6.29 Å². The summed E-state index contributed by atoms with van der Waals surface area (Å²) in [7, 11) is 0. The van der Waals surface area contributed by atoms with E-state index in [1.165, 1.54) is 12.1 Å². The summed E-state index contributed by atoms with van der Waals surface area (Å²) in [4.78, 5) is 21.5. The predicted octanol–water partition coefficient (Wildman–Crippen LogP) is 3.96. The lowest BCUT2D eigenvalue weighted by molar-refractivity contribution is -0.385. The smallest absolute Gasteiger partial charge is 0.312 e. The molecule has 0 amide bonds. The molecule has 0 aliphatic rings. The van der Waals surface area contributed by atoms with E-state index in [1.54, 1.807) is 19.9 Å². The molecular formula is C15H12FNO4. The molecule has 0 N–H and O–H groups in total. The third kappa shape index (κ3) is 3.05. The Morgan fingerprint density at radius 1 is 1.24 bits per heavy atom. The predicted molar refractivity (Wildman–Crippen MR) is 74.4 cm³/mol. The Balaban J connectivity index is 2.54. The second-order valence-electron chi connectivity index (χ2n) is 4.59. The SMILES string of the molecule is Cc1cc(C)c(Oc2ccc(F)cc2C=O)c([N+](=O)[O-])c1. The number of hydrogen-bond donors (Lipinski definition) is 0. The standard InChI is InChI=1S/C15H12FNO4/c1-9-5-10(2)15(13(6-9)17(19)20)21-14-4-3-12(16)7-11(14)8-18/h3-8H,1-2H3. The highest BCUT2D eigenvalue weighted by molar-refractivity contribution is 5.79. The van der Waals surface area contributed by atoms with Gasteiger partial charge in [0, 0.05) is 6.07 Å². The Morgan fingerprint density at radius 2 is 1.95 bits per heavy atom. The maximum absolute atomic E-state index is 13.1. The number of carbonyl (C=O) groups is 1. The molecule has 0 saturated carbocycles. The van der Waals surface area contributed by atoms with Crippen LogP contribution in [0.2, 0.25) is 0 Å². The third-order valence-corrected chi connectivity index (χ3v) is 2.91. The first kappa shape index (κ1) is 14.6. The summed E-state index contributed by atoms with van der Waals surface area (Å²) in [6.45, 7) is 3.40. The lowest BCUT2D eigenvalue weighted by Crippen LogP contribution is -1.99. The Kier molecular flexibility index (Phi) is 3.98. The summed E-state index contributed by atoms with van der Waals surface area (Å²) in [5.41, 5.74) is 1.07. The molecule has 21 heavy (non-hydrogen) atoms. The van der Waals surface area contributed by atoms with E-state index in [4.69, 9.17) is 4.74 Å². The van der Waals surface area contributed by atoms with Crippen LogP contribution in [0, 0.1) is 29.8 Å². The zero-order valence-corrected chi connectivity index (χ0v) is 11.4. The van der Waals surface area contributed by atoms with E-state index in [-0.39, 0.29) is 22.7 Å². The highest BCUT2D eigenvalue weighted by atomic mass is 19.1. The van der Waals surface area contributed by atoms with E-state index in [2.05, 4.69) is 0 Å². The molecule has 0 radical (unpaired) electrons. The maximum Gasteiger partial charge on any atom is 0.312 e. The van der Waals surface area contributed by atoms with Crippen LogP contribution in [0.5, 0.6) is 11.5 Å². The minimum Gasteiger partial charge on any atom is -0.449 e. The number of nitro groups is 1. The molecule has 0 aliphatic carbocycles. The average molecular weight is 289 g/mol. The van der Waals surface area contributed by atoms with Gasteiger partial charge in [0.25, 0.3) is 0 Å². The lowest BCUT2D eigenvalue weighted by atomic mass is 10.1. The summed E-state index contributed by atoms with van der Waals surface area (Å²) in [6.07, 6.45) is 0.438. The first-order valence-electron chi connectivity index (χ1n) is 6.10. The van der Waals surface area contributed by atoms with Crippen molar-refractivity contribution in [2.45, 2.75) is 13.8 Å². The van der Waals surface area contributed by atoms with Crippen LogP contribution in [-0.2, 0) is 0 Å². The van der Waals surface area contributed by atoms with Crippen LogP contribution < -0.4 is 4.74 Å². The van der Waals surface area contributed by atoms with Crippen molar-refractivity contribution in [3.63, 3.8) is 0 Å². The van der Waals surface area contributed by atoms with E-state index in [1.807, 2.05) is 0 Å². The normalized spacial score (nSPS) is 10.2. The largest absolute Gasteiger partial charge is 0.449 e. The highest BCUT2D eigenvalue weighted by Crippen LogP contribution is 2.36. The molecule has 0 bridgehead atoms. The third-order valence-electron chi connectivity index (χ3n) is 2.91. The number of rotatable bonds is 4. The van der Waals surface area contributed by atoms with Crippen LogP contribution in [0.15, 0.2) is 30.3 Å². The zero-order chi connectivity index (χ0) is 15.6. The van der Waals surface area contributed by atoms with E-state index in [0.29, 0.717) is 11.8 Å². The summed E-state index contributed by atoms with van der Waals surface area (Å²) >= 11 is 0. The van der Waals surface area contributed by atoms with Crippen LogP contribution in [-0.4, -0.2) is 11.2 Å². The van der Waals surface area contributed by atoms with Gasteiger partial charge in [0.05, 0.1) is 10.5 Å². The van der Waals surface area contributed by atoms with Gasteiger partial charge < -0.3 is 4.74 Å². The fraction of sp³-hybridized carbons (Fsp3) is 0.133. The summed E-state index contributed by atoms with van der Waals surface area (Å²) in [5.74, 6) is -0.471. The molecule has 6 heteroatoms. The molecular weight excluding hydrogens is 277 g/mol. The summed E-state index contributed by atoms with van der Waals surface area (Å²) < 4.78 is 18.6.